The van der Waals surface area contributed by atoms with Gasteiger partial charge >= 0.3 is 5.97 Å². The predicted octanol–water partition coefficient (Wildman–Crippen LogP) is 1.91. The van der Waals surface area contributed by atoms with Gasteiger partial charge in [-0.2, -0.15) is 11.8 Å². The van der Waals surface area contributed by atoms with Crippen molar-refractivity contribution in [1.82, 2.24) is 5.32 Å². The summed E-state index contributed by atoms with van der Waals surface area (Å²) in [5, 5.41) is 11.4. The Morgan fingerprint density at radius 1 is 1.35 bits per heavy atom. The molecule has 20 heavy (non-hydrogen) atoms. The van der Waals surface area contributed by atoms with Gasteiger partial charge in [0.2, 0.25) is 5.91 Å². The van der Waals surface area contributed by atoms with E-state index in [4.69, 9.17) is 9.84 Å². The minimum Gasteiger partial charge on any atom is -0.494 e. The molecule has 5 nitrogen and oxygen atoms in total. The summed E-state index contributed by atoms with van der Waals surface area (Å²) in [4.78, 5) is 21.8. The first kappa shape index (κ1) is 16.4. The molecule has 0 aliphatic carbocycles. The molecule has 6 heteroatoms. The van der Waals surface area contributed by atoms with Gasteiger partial charge in [-0.15, -0.1) is 0 Å². The van der Waals surface area contributed by atoms with Crippen molar-refractivity contribution in [3.8, 4) is 5.75 Å². The first-order valence-electron chi connectivity index (χ1n) is 6.32. The van der Waals surface area contributed by atoms with Crippen LogP contribution in [0, 0.1) is 0 Å². The number of carboxylic acid groups (broad SMARTS) is 1. The zero-order valence-electron chi connectivity index (χ0n) is 11.6. The van der Waals surface area contributed by atoms with Gasteiger partial charge in [0.05, 0.1) is 6.61 Å². The number of carboxylic acids is 1. The third-order valence-electron chi connectivity index (χ3n) is 2.46. The number of nitrogens with one attached hydrogen (secondary N) is 1. The molecule has 0 spiro atoms. The van der Waals surface area contributed by atoms with Gasteiger partial charge in [-0.1, -0.05) is 12.1 Å². The number of hydrogen-bond donors (Lipinski definition) is 2. The number of carbonyl (C=O) groups excluding carboxylic acids is 1. The molecule has 1 unspecified atom stereocenters. The number of hydrogen-bond acceptors (Lipinski definition) is 4. The average molecular weight is 297 g/mol. The number of aliphatic carboxylic acids is 1. The molecule has 0 saturated carbocycles. The van der Waals surface area contributed by atoms with Crippen molar-refractivity contribution in [2.75, 3.05) is 12.4 Å². The number of thioether (sulfide) groups is 1. The van der Waals surface area contributed by atoms with Gasteiger partial charge in [-0.25, -0.2) is 4.79 Å². The Bertz CT molecular complexity index is 447. The van der Waals surface area contributed by atoms with E-state index < -0.39 is 12.0 Å². The first-order valence-corrected chi connectivity index (χ1v) is 7.47. The number of carbonyl (C=O) groups is 2. The van der Waals surface area contributed by atoms with Crippen LogP contribution in [0.4, 0.5) is 0 Å². The van der Waals surface area contributed by atoms with E-state index in [0.717, 1.165) is 11.3 Å². The van der Waals surface area contributed by atoms with Crippen molar-refractivity contribution in [3.05, 3.63) is 29.8 Å². The molecule has 0 fully saturated rings. The van der Waals surface area contributed by atoms with Crippen molar-refractivity contribution in [2.24, 2.45) is 0 Å². The van der Waals surface area contributed by atoms with Crippen molar-refractivity contribution >= 4 is 23.6 Å². The lowest BCUT2D eigenvalue weighted by Crippen LogP contribution is -2.41. The molecule has 2 N–H and O–H groups in total. The SMILES string of the molecule is CCOc1ccc(CSCC(NC(C)=O)C(=O)O)cc1. The fourth-order valence-corrected chi connectivity index (χ4v) is 2.57. The second kappa shape index (κ2) is 8.47. The molecule has 0 aliphatic heterocycles. The van der Waals surface area contributed by atoms with E-state index in [-0.39, 0.29) is 5.91 Å². The maximum absolute atomic E-state index is 10.9. The van der Waals surface area contributed by atoms with Crippen LogP contribution in [0.5, 0.6) is 5.75 Å². The van der Waals surface area contributed by atoms with Crippen molar-refractivity contribution in [1.29, 1.82) is 0 Å². The van der Waals surface area contributed by atoms with Crippen LogP contribution in [-0.4, -0.2) is 35.4 Å². The molecule has 110 valence electrons. The third kappa shape index (κ3) is 5.97. The van der Waals surface area contributed by atoms with Gasteiger partial charge < -0.3 is 15.2 Å². The standard InChI is InChI=1S/C14H19NO4S/c1-3-19-12-6-4-11(5-7-12)8-20-9-13(14(17)18)15-10(2)16/h4-7,13H,3,8-9H2,1-2H3,(H,15,16)(H,17,18). The number of rotatable bonds is 8. The summed E-state index contributed by atoms with van der Waals surface area (Å²) in [5.74, 6) is 0.499. The van der Waals surface area contributed by atoms with E-state index in [2.05, 4.69) is 5.32 Å². The molecular weight excluding hydrogens is 278 g/mol. The van der Waals surface area contributed by atoms with Crippen LogP contribution in [0.1, 0.15) is 19.4 Å². The van der Waals surface area contributed by atoms with E-state index >= 15 is 0 Å². The second-order valence-electron chi connectivity index (χ2n) is 4.18. The average Bonchev–Trinajstić information content (AvgIpc) is 2.39. The van der Waals surface area contributed by atoms with E-state index in [0.29, 0.717) is 18.1 Å². The Labute approximate surface area is 122 Å². The minimum absolute atomic E-state index is 0.334. The minimum atomic E-state index is -1.01. The molecule has 0 saturated heterocycles. The Morgan fingerprint density at radius 2 is 2.00 bits per heavy atom. The molecule has 1 aromatic carbocycles. The zero-order chi connectivity index (χ0) is 15.0. The van der Waals surface area contributed by atoms with Crippen LogP contribution in [0.3, 0.4) is 0 Å². The lowest BCUT2D eigenvalue weighted by Gasteiger charge is -2.12. The quantitative estimate of drug-likeness (QED) is 0.766. The number of amides is 1. The Hall–Kier alpha value is -1.69. The highest BCUT2D eigenvalue weighted by atomic mass is 32.2. The fraction of sp³-hybridized carbons (Fsp3) is 0.429. The normalized spacial score (nSPS) is 11.7. The smallest absolute Gasteiger partial charge is 0.327 e. The summed E-state index contributed by atoms with van der Waals surface area (Å²) in [6, 6.07) is 6.84. The van der Waals surface area contributed by atoms with Crippen LogP contribution >= 0.6 is 11.8 Å². The van der Waals surface area contributed by atoms with E-state index in [1.54, 1.807) is 0 Å². The van der Waals surface area contributed by atoms with Crippen LogP contribution in [0.2, 0.25) is 0 Å². The Balaban J connectivity index is 2.42. The van der Waals surface area contributed by atoms with Crippen molar-refractivity contribution < 1.29 is 19.4 Å². The second-order valence-corrected chi connectivity index (χ2v) is 5.21. The predicted molar refractivity (Wildman–Crippen MR) is 79.0 cm³/mol. The molecule has 1 rings (SSSR count). The van der Waals surface area contributed by atoms with Crippen LogP contribution in [0.25, 0.3) is 0 Å². The monoisotopic (exact) mass is 297 g/mol. The lowest BCUT2D eigenvalue weighted by molar-refractivity contribution is -0.140. The van der Waals surface area contributed by atoms with Gasteiger partial charge in [0.1, 0.15) is 11.8 Å². The summed E-state index contributed by atoms with van der Waals surface area (Å²) in [6.07, 6.45) is 0. The summed E-state index contributed by atoms with van der Waals surface area (Å²) >= 11 is 1.47. The van der Waals surface area contributed by atoms with Crippen LogP contribution in [-0.2, 0) is 15.3 Å². The molecular formula is C14H19NO4S. The maximum atomic E-state index is 10.9. The molecule has 0 bridgehead atoms. The molecule has 0 aromatic heterocycles. The summed E-state index contributed by atoms with van der Waals surface area (Å²) in [5.41, 5.74) is 1.09. The van der Waals surface area contributed by atoms with Crippen LogP contribution < -0.4 is 10.1 Å². The highest BCUT2D eigenvalue weighted by Gasteiger charge is 2.17. The van der Waals surface area contributed by atoms with Crippen molar-refractivity contribution in [3.63, 3.8) is 0 Å². The van der Waals surface area contributed by atoms with Gasteiger partial charge in [-0.3, -0.25) is 4.79 Å². The molecule has 1 atom stereocenters. The zero-order valence-corrected chi connectivity index (χ0v) is 12.4. The molecule has 0 heterocycles. The maximum Gasteiger partial charge on any atom is 0.327 e. The topological polar surface area (TPSA) is 75.6 Å². The molecule has 0 radical (unpaired) electrons. The van der Waals surface area contributed by atoms with Crippen LogP contribution in [0.15, 0.2) is 24.3 Å². The molecule has 1 aromatic rings. The van der Waals surface area contributed by atoms with Gasteiger partial charge in [0.25, 0.3) is 0 Å². The van der Waals surface area contributed by atoms with E-state index in [1.165, 1.54) is 18.7 Å². The van der Waals surface area contributed by atoms with Gasteiger partial charge in [0, 0.05) is 18.4 Å². The van der Waals surface area contributed by atoms with Gasteiger partial charge in [-0.05, 0) is 24.6 Å². The number of benzene rings is 1. The largest absolute Gasteiger partial charge is 0.494 e. The first-order chi connectivity index (χ1) is 9.52. The highest BCUT2D eigenvalue weighted by Crippen LogP contribution is 2.17. The van der Waals surface area contributed by atoms with Crippen molar-refractivity contribution in [2.45, 2.75) is 25.6 Å². The Morgan fingerprint density at radius 3 is 2.50 bits per heavy atom. The summed E-state index contributed by atoms with van der Waals surface area (Å²) < 4.78 is 5.35. The highest BCUT2D eigenvalue weighted by molar-refractivity contribution is 7.98. The Kier molecular flexibility index (Phi) is 6.93. The summed E-state index contributed by atoms with van der Waals surface area (Å²) in [7, 11) is 0. The fourth-order valence-electron chi connectivity index (χ4n) is 1.56. The lowest BCUT2D eigenvalue weighted by atomic mass is 10.2. The molecule has 0 aliphatic rings. The van der Waals surface area contributed by atoms with Gasteiger partial charge in [0.15, 0.2) is 0 Å². The molecule has 1 amide bonds. The third-order valence-corrected chi connectivity index (χ3v) is 3.57. The summed E-state index contributed by atoms with van der Waals surface area (Å²) in [6.45, 7) is 3.87. The number of ether oxygens (including phenoxy) is 1. The van der Waals surface area contributed by atoms with E-state index in [1.807, 2.05) is 31.2 Å². The van der Waals surface area contributed by atoms with E-state index in [9.17, 15) is 9.59 Å².